The Hall–Kier alpha value is -2.22. The van der Waals surface area contributed by atoms with Gasteiger partial charge < -0.3 is 10.6 Å². The van der Waals surface area contributed by atoms with Crippen molar-refractivity contribution in [3.8, 4) is 0 Å². The number of benzene rings is 1. The SMILES string of the molecule is CC1CCN(c2ccc([N+](=O)[O-])cc2[N+](=O)[O-])C(CN)C1. The van der Waals surface area contributed by atoms with Crippen LogP contribution >= 0.6 is 0 Å². The largest absolute Gasteiger partial charge is 0.362 e. The number of rotatable bonds is 4. The highest BCUT2D eigenvalue weighted by Crippen LogP contribution is 2.36. The zero-order chi connectivity index (χ0) is 15.6. The first-order chi connectivity index (χ1) is 9.93. The molecular formula is C13H18N4O4. The lowest BCUT2D eigenvalue weighted by molar-refractivity contribution is -0.393. The third-order valence-corrected chi connectivity index (χ3v) is 3.93. The lowest BCUT2D eigenvalue weighted by Crippen LogP contribution is -2.46. The number of nitro benzene ring substituents is 2. The van der Waals surface area contributed by atoms with E-state index in [-0.39, 0.29) is 17.4 Å². The van der Waals surface area contributed by atoms with Crippen molar-refractivity contribution in [2.75, 3.05) is 18.0 Å². The molecule has 1 saturated heterocycles. The Morgan fingerprint density at radius 2 is 2.05 bits per heavy atom. The molecule has 0 aliphatic carbocycles. The second kappa shape index (κ2) is 6.04. The molecule has 0 aromatic heterocycles. The first kappa shape index (κ1) is 15.2. The molecule has 8 nitrogen and oxygen atoms in total. The molecule has 1 aromatic rings. The Balaban J connectivity index is 2.42. The molecule has 0 saturated carbocycles. The van der Waals surface area contributed by atoms with E-state index < -0.39 is 9.85 Å². The van der Waals surface area contributed by atoms with Crippen molar-refractivity contribution in [2.45, 2.75) is 25.8 Å². The summed E-state index contributed by atoms with van der Waals surface area (Å²) in [5.41, 5.74) is 5.67. The van der Waals surface area contributed by atoms with Crippen LogP contribution in [0.4, 0.5) is 17.1 Å². The van der Waals surface area contributed by atoms with E-state index >= 15 is 0 Å². The predicted octanol–water partition coefficient (Wildman–Crippen LogP) is 2.07. The lowest BCUT2D eigenvalue weighted by atomic mass is 9.91. The van der Waals surface area contributed by atoms with Crippen molar-refractivity contribution >= 4 is 17.1 Å². The fraction of sp³-hybridized carbons (Fsp3) is 0.538. The third kappa shape index (κ3) is 3.10. The number of hydrogen-bond donors (Lipinski definition) is 1. The van der Waals surface area contributed by atoms with Crippen LogP contribution in [-0.2, 0) is 0 Å². The van der Waals surface area contributed by atoms with E-state index in [0.717, 1.165) is 18.9 Å². The van der Waals surface area contributed by atoms with Gasteiger partial charge in [0.25, 0.3) is 11.4 Å². The topological polar surface area (TPSA) is 116 Å². The van der Waals surface area contributed by atoms with Crippen LogP contribution in [0.2, 0.25) is 0 Å². The molecule has 1 fully saturated rings. The number of hydrogen-bond acceptors (Lipinski definition) is 6. The number of non-ortho nitro benzene ring substituents is 1. The monoisotopic (exact) mass is 294 g/mol. The highest BCUT2D eigenvalue weighted by atomic mass is 16.6. The zero-order valence-electron chi connectivity index (χ0n) is 11.8. The van der Waals surface area contributed by atoms with Crippen LogP contribution < -0.4 is 10.6 Å². The van der Waals surface area contributed by atoms with E-state index in [4.69, 9.17) is 5.73 Å². The normalized spacial score (nSPS) is 22.1. The van der Waals surface area contributed by atoms with Crippen LogP contribution in [0.3, 0.4) is 0 Å². The third-order valence-electron chi connectivity index (χ3n) is 3.93. The summed E-state index contributed by atoms with van der Waals surface area (Å²) in [6.07, 6.45) is 1.79. The van der Waals surface area contributed by atoms with Crippen LogP contribution in [-0.4, -0.2) is 29.0 Å². The van der Waals surface area contributed by atoms with E-state index in [1.54, 1.807) is 0 Å². The lowest BCUT2D eigenvalue weighted by Gasteiger charge is -2.39. The molecule has 0 bridgehead atoms. The molecule has 21 heavy (non-hydrogen) atoms. The fourth-order valence-corrected chi connectivity index (χ4v) is 2.81. The summed E-state index contributed by atoms with van der Waals surface area (Å²) >= 11 is 0. The maximum Gasteiger partial charge on any atom is 0.299 e. The highest BCUT2D eigenvalue weighted by molar-refractivity contribution is 5.67. The van der Waals surface area contributed by atoms with E-state index in [2.05, 4.69) is 6.92 Å². The van der Waals surface area contributed by atoms with Gasteiger partial charge in [0, 0.05) is 25.2 Å². The van der Waals surface area contributed by atoms with E-state index in [1.165, 1.54) is 12.1 Å². The molecule has 1 heterocycles. The first-order valence-electron chi connectivity index (χ1n) is 6.83. The molecule has 1 aliphatic heterocycles. The average molecular weight is 294 g/mol. The molecule has 1 aliphatic rings. The quantitative estimate of drug-likeness (QED) is 0.671. The molecular weight excluding hydrogens is 276 g/mol. The van der Waals surface area contributed by atoms with Crippen LogP contribution in [0.25, 0.3) is 0 Å². The van der Waals surface area contributed by atoms with Gasteiger partial charge >= 0.3 is 0 Å². The number of nitrogens with zero attached hydrogens (tertiary/aromatic N) is 3. The predicted molar refractivity (Wildman–Crippen MR) is 78.3 cm³/mol. The molecule has 114 valence electrons. The maximum absolute atomic E-state index is 11.2. The van der Waals surface area contributed by atoms with Crippen LogP contribution in [0.15, 0.2) is 18.2 Å². The van der Waals surface area contributed by atoms with Crippen molar-refractivity contribution in [2.24, 2.45) is 11.7 Å². The summed E-state index contributed by atoms with van der Waals surface area (Å²) < 4.78 is 0. The minimum absolute atomic E-state index is 0.0221. The Morgan fingerprint density at radius 1 is 1.33 bits per heavy atom. The summed E-state index contributed by atoms with van der Waals surface area (Å²) in [6, 6.07) is 3.79. The Kier molecular flexibility index (Phi) is 4.37. The van der Waals surface area contributed by atoms with Gasteiger partial charge in [-0.1, -0.05) is 6.92 Å². The van der Waals surface area contributed by atoms with E-state index in [1.807, 2.05) is 4.90 Å². The summed E-state index contributed by atoms with van der Waals surface area (Å²) in [5.74, 6) is 0.520. The summed E-state index contributed by atoms with van der Waals surface area (Å²) in [5, 5.41) is 22.0. The van der Waals surface area contributed by atoms with Crippen LogP contribution in [0.1, 0.15) is 19.8 Å². The van der Waals surface area contributed by atoms with Gasteiger partial charge in [0.1, 0.15) is 5.69 Å². The molecule has 2 atom stereocenters. The Morgan fingerprint density at radius 3 is 2.62 bits per heavy atom. The van der Waals surface area contributed by atoms with Gasteiger partial charge in [0.2, 0.25) is 0 Å². The minimum atomic E-state index is -0.629. The van der Waals surface area contributed by atoms with E-state index in [9.17, 15) is 20.2 Å². The number of nitro groups is 2. The molecule has 2 N–H and O–H groups in total. The van der Waals surface area contributed by atoms with Gasteiger partial charge in [0.05, 0.1) is 15.9 Å². The van der Waals surface area contributed by atoms with Gasteiger partial charge in [-0.3, -0.25) is 20.2 Å². The standard InChI is InChI=1S/C13H18N4O4/c1-9-4-5-15(11(6-9)8-14)12-3-2-10(16(18)19)7-13(12)17(20)21/h2-3,7,9,11H,4-6,8,14H2,1H3. The second-order valence-corrected chi connectivity index (χ2v) is 5.40. The fourth-order valence-electron chi connectivity index (χ4n) is 2.81. The van der Waals surface area contributed by atoms with Crippen molar-refractivity contribution in [1.29, 1.82) is 0 Å². The van der Waals surface area contributed by atoms with Gasteiger partial charge in [-0.25, -0.2) is 0 Å². The highest BCUT2D eigenvalue weighted by Gasteiger charge is 2.31. The molecule has 2 unspecified atom stereocenters. The van der Waals surface area contributed by atoms with Crippen molar-refractivity contribution in [3.63, 3.8) is 0 Å². The molecule has 0 amide bonds. The minimum Gasteiger partial charge on any atom is -0.362 e. The summed E-state index contributed by atoms with van der Waals surface area (Å²) in [7, 11) is 0. The Labute approximate surface area is 121 Å². The molecule has 0 radical (unpaired) electrons. The van der Waals surface area contributed by atoms with Gasteiger partial charge in [0.15, 0.2) is 0 Å². The molecule has 8 heteroatoms. The van der Waals surface area contributed by atoms with Gasteiger partial charge in [-0.2, -0.15) is 0 Å². The zero-order valence-corrected chi connectivity index (χ0v) is 11.8. The number of anilines is 1. The maximum atomic E-state index is 11.2. The van der Waals surface area contributed by atoms with Gasteiger partial charge in [-0.05, 0) is 24.8 Å². The first-order valence-corrected chi connectivity index (χ1v) is 6.83. The summed E-state index contributed by atoms with van der Waals surface area (Å²) in [4.78, 5) is 22.7. The van der Waals surface area contributed by atoms with Crippen LogP contribution in [0.5, 0.6) is 0 Å². The smallest absolute Gasteiger partial charge is 0.299 e. The van der Waals surface area contributed by atoms with E-state index in [0.29, 0.717) is 24.7 Å². The van der Waals surface area contributed by atoms with Gasteiger partial charge in [-0.15, -0.1) is 0 Å². The van der Waals surface area contributed by atoms with Crippen molar-refractivity contribution in [1.82, 2.24) is 0 Å². The molecule has 2 rings (SSSR count). The second-order valence-electron chi connectivity index (χ2n) is 5.40. The average Bonchev–Trinajstić information content (AvgIpc) is 2.46. The van der Waals surface area contributed by atoms with Crippen molar-refractivity contribution < 1.29 is 9.85 Å². The number of piperidine rings is 1. The molecule has 0 spiro atoms. The molecule has 1 aromatic carbocycles. The number of nitrogens with two attached hydrogens (primary N) is 1. The van der Waals surface area contributed by atoms with Crippen LogP contribution in [0, 0.1) is 26.1 Å². The Bertz CT molecular complexity index is 563. The van der Waals surface area contributed by atoms with Crippen molar-refractivity contribution in [3.05, 3.63) is 38.4 Å². The summed E-state index contributed by atoms with van der Waals surface area (Å²) in [6.45, 7) is 3.20.